The molecule has 1 aliphatic rings. The number of carbonyl (C=O) groups is 2. The lowest BCUT2D eigenvalue weighted by atomic mass is 10.1. The summed E-state index contributed by atoms with van der Waals surface area (Å²) in [6.07, 6.45) is 3.16. The van der Waals surface area contributed by atoms with Gasteiger partial charge >= 0.3 is 0 Å². The summed E-state index contributed by atoms with van der Waals surface area (Å²) in [5, 5.41) is 2.69. The highest BCUT2D eigenvalue weighted by molar-refractivity contribution is 7.91. The highest BCUT2D eigenvalue weighted by atomic mass is 32.2. The molecule has 0 spiro atoms. The normalized spacial score (nSPS) is 18.3. The van der Waals surface area contributed by atoms with E-state index in [1.807, 2.05) is 30.3 Å². The fourth-order valence-corrected chi connectivity index (χ4v) is 4.49. The third kappa shape index (κ3) is 4.08. The summed E-state index contributed by atoms with van der Waals surface area (Å²) >= 11 is 0. The molecule has 1 saturated heterocycles. The summed E-state index contributed by atoms with van der Waals surface area (Å²) in [4.78, 5) is 30.4. The average molecular weight is 373 g/mol. The molecular formula is C18H19N3O4S. The fourth-order valence-electron chi connectivity index (χ4n) is 2.82. The number of aromatic nitrogens is 1. The minimum atomic E-state index is -3.08. The van der Waals surface area contributed by atoms with Gasteiger partial charge in [0.05, 0.1) is 22.6 Å². The van der Waals surface area contributed by atoms with E-state index in [-0.39, 0.29) is 28.5 Å². The van der Waals surface area contributed by atoms with E-state index in [1.54, 1.807) is 7.05 Å². The van der Waals surface area contributed by atoms with Crippen molar-refractivity contribution < 1.29 is 18.0 Å². The molecule has 0 saturated carbocycles. The first kappa shape index (κ1) is 18.1. The number of benzene rings is 1. The third-order valence-corrected chi connectivity index (χ3v) is 6.03. The second-order valence-electron chi connectivity index (χ2n) is 6.24. The van der Waals surface area contributed by atoms with Gasteiger partial charge in [0.15, 0.2) is 9.84 Å². The van der Waals surface area contributed by atoms with Crippen LogP contribution in [0.15, 0.2) is 48.8 Å². The van der Waals surface area contributed by atoms with E-state index in [4.69, 9.17) is 0 Å². The van der Waals surface area contributed by atoms with Crippen molar-refractivity contribution in [3.8, 4) is 0 Å². The molecule has 0 aliphatic carbocycles. The van der Waals surface area contributed by atoms with Gasteiger partial charge < -0.3 is 10.2 Å². The number of nitrogens with zero attached hydrogens (tertiary/aromatic N) is 2. The zero-order valence-electron chi connectivity index (χ0n) is 14.3. The van der Waals surface area contributed by atoms with Crippen LogP contribution < -0.4 is 10.2 Å². The Hall–Kier alpha value is -2.74. The molecule has 1 atom stereocenters. The van der Waals surface area contributed by atoms with Crippen LogP contribution in [-0.4, -0.2) is 49.8 Å². The van der Waals surface area contributed by atoms with Crippen LogP contribution in [0.4, 0.5) is 5.69 Å². The summed E-state index contributed by atoms with van der Waals surface area (Å²) in [6.45, 7) is 0. The van der Waals surface area contributed by atoms with Crippen LogP contribution >= 0.6 is 0 Å². The zero-order valence-corrected chi connectivity index (χ0v) is 15.1. The summed E-state index contributed by atoms with van der Waals surface area (Å²) in [5.41, 5.74) is 1.23. The molecule has 136 valence electrons. The maximum absolute atomic E-state index is 12.6. The fraction of sp³-hybridized carbons (Fsp3) is 0.278. The van der Waals surface area contributed by atoms with Gasteiger partial charge in [0.2, 0.25) is 0 Å². The van der Waals surface area contributed by atoms with Gasteiger partial charge in [-0.3, -0.25) is 14.6 Å². The first-order valence-electron chi connectivity index (χ1n) is 8.15. The molecule has 1 aliphatic heterocycles. The first-order valence-corrected chi connectivity index (χ1v) is 9.97. The number of anilines is 1. The van der Waals surface area contributed by atoms with Crippen LogP contribution in [0.5, 0.6) is 0 Å². The van der Waals surface area contributed by atoms with E-state index >= 15 is 0 Å². The number of amides is 2. The molecule has 1 fully saturated rings. The van der Waals surface area contributed by atoms with E-state index < -0.39 is 21.8 Å². The highest BCUT2D eigenvalue weighted by Crippen LogP contribution is 2.16. The quantitative estimate of drug-likeness (QED) is 0.871. The van der Waals surface area contributed by atoms with Crippen LogP contribution in [-0.2, 0) is 9.84 Å². The van der Waals surface area contributed by atoms with Crippen molar-refractivity contribution >= 4 is 27.3 Å². The Kier molecular flexibility index (Phi) is 5.03. The van der Waals surface area contributed by atoms with Crippen molar-refractivity contribution in [2.24, 2.45) is 0 Å². The maximum Gasteiger partial charge on any atom is 0.259 e. The Morgan fingerprint density at radius 3 is 2.50 bits per heavy atom. The molecule has 7 nitrogen and oxygen atoms in total. The third-order valence-electron chi connectivity index (χ3n) is 4.26. The van der Waals surface area contributed by atoms with Crippen LogP contribution in [0.2, 0.25) is 0 Å². The standard InChI is InChI=1S/C18H19N3O4S/c1-21(16-5-3-2-4-6-16)18(23)14-9-13(10-19-11-14)17(22)20-15-7-8-26(24,25)12-15/h2-6,9-11,15H,7-8,12H2,1H3,(H,20,22). The molecule has 1 unspecified atom stereocenters. The number of para-hydroxylation sites is 1. The lowest BCUT2D eigenvalue weighted by Gasteiger charge is -2.17. The Labute approximate surface area is 152 Å². The Balaban J connectivity index is 1.73. The molecule has 2 amide bonds. The van der Waals surface area contributed by atoms with Crippen molar-refractivity contribution in [3.05, 3.63) is 59.9 Å². The molecule has 1 aromatic carbocycles. The topological polar surface area (TPSA) is 96.4 Å². The Morgan fingerprint density at radius 2 is 1.85 bits per heavy atom. The van der Waals surface area contributed by atoms with Crippen molar-refractivity contribution in [1.82, 2.24) is 10.3 Å². The molecule has 3 rings (SSSR count). The van der Waals surface area contributed by atoms with Crippen LogP contribution in [0.3, 0.4) is 0 Å². The molecular weight excluding hydrogens is 354 g/mol. The first-order chi connectivity index (χ1) is 12.4. The molecule has 26 heavy (non-hydrogen) atoms. The smallest absolute Gasteiger partial charge is 0.259 e. The van der Waals surface area contributed by atoms with Gasteiger partial charge in [-0.25, -0.2) is 8.42 Å². The van der Waals surface area contributed by atoms with Crippen molar-refractivity contribution in [3.63, 3.8) is 0 Å². The molecule has 0 bridgehead atoms. The predicted molar refractivity (Wildman–Crippen MR) is 97.9 cm³/mol. The second-order valence-corrected chi connectivity index (χ2v) is 8.46. The van der Waals surface area contributed by atoms with Gasteiger partial charge in [-0.15, -0.1) is 0 Å². The lowest BCUT2D eigenvalue weighted by molar-refractivity contribution is 0.0940. The van der Waals surface area contributed by atoms with Crippen LogP contribution in [0, 0.1) is 0 Å². The van der Waals surface area contributed by atoms with Gasteiger partial charge in [0.1, 0.15) is 0 Å². The largest absolute Gasteiger partial charge is 0.348 e. The summed E-state index contributed by atoms with van der Waals surface area (Å²) in [5.74, 6) is -0.698. The summed E-state index contributed by atoms with van der Waals surface area (Å²) in [7, 11) is -1.43. The number of nitrogens with one attached hydrogen (secondary N) is 1. The Bertz CT molecular complexity index is 928. The minimum Gasteiger partial charge on any atom is -0.348 e. The monoisotopic (exact) mass is 373 g/mol. The number of sulfone groups is 1. The summed E-state index contributed by atoms with van der Waals surface area (Å²) < 4.78 is 23.0. The predicted octanol–water partition coefficient (Wildman–Crippen LogP) is 1.28. The molecule has 1 N–H and O–H groups in total. The molecule has 8 heteroatoms. The molecule has 2 heterocycles. The van der Waals surface area contributed by atoms with Gasteiger partial charge in [-0.05, 0) is 24.6 Å². The molecule has 1 aromatic heterocycles. The Morgan fingerprint density at radius 1 is 1.15 bits per heavy atom. The highest BCUT2D eigenvalue weighted by Gasteiger charge is 2.29. The van der Waals surface area contributed by atoms with Crippen molar-refractivity contribution in [2.75, 3.05) is 23.5 Å². The van der Waals surface area contributed by atoms with Gasteiger partial charge in [-0.2, -0.15) is 0 Å². The minimum absolute atomic E-state index is 0.0540. The maximum atomic E-state index is 12.6. The van der Waals surface area contributed by atoms with Gasteiger partial charge in [-0.1, -0.05) is 18.2 Å². The van der Waals surface area contributed by atoms with E-state index in [0.29, 0.717) is 6.42 Å². The van der Waals surface area contributed by atoms with E-state index in [0.717, 1.165) is 5.69 Å². The van der Waals surface area contributed by atoms with E-state index in [1.165, 1.54) is 23.4 Å². The number of hydrogen-bond acceptors (Lipinski definition) is 5. The van der Waals surface area contributed by atoms with E-state index in [9.17, 15) is 18.0 Å². The van der Waals surface area contributed by atoms with Gasteiger partial charge in [0.25, 0.3) is 11.8 Å². The lowest BCUT2D eigenvalue weighted by Crippen LogP contribution is -2.36. The SMILES string of the molecule is CN(C(=O)c1cncc(C(=O)NC2CCS(=O)(=O)C2)c1)c1ccccc1. The van der Waals surface area contributed by atoms with Crippen LogP contribution in [0.1, 0.15) is 27.1 Å². The van der Waals surface area contributed by atoms with E-state index in [2.05, 4.69) is 10.3 Å². The second kappa shape index (κ2) is 7.25. The molecule has 0 radical (unpaired) electrons. The number of rotatable bonds is 4. The number of hydrogen-bond donors (Lipinski definition) is 1. The van der Waals surface area contributed by atoms with Gasteiger partial charge in [0, 0.05) is 31.2 Å². The van der Waals surface area contributed by atoms with Crippen LogP contribution in [0.25, 0.3) is 0 Å². The molecule has 2 aromatic rings. The summed E-state index contributed by atoms with van der Waals surface area (Å²) in [6, 6.07) is 10.2. The van der Waals surface area contributed by atoms with Crippen molar-refractivity contribution in [1.29, 1.82) is 0 Å². The number of pyridine rings is 1. The number of carbonyl (C=O) groups excluding carboxylic acids is 2. The van der Waals surface area contributed by atoms with Crippen molar-refractivity contribution in [2.45, 2.75) is 12.5 Å². The average Bonchev–Trinajstić information content (AvgIpc) is 2.99. The zero-order chi connectivity index (χ0) is 18.7.